The van der Waals surface area contributed by atoms with Crippen molar-refractivity contribution in [3.05, 3.63) is 50.4 Å². The normalized spacial score (nSPS) is 12.8. The van der Waals surface area contributed by atoms with Crippen LogP contribution in [0.25, 0.3) is 10.2 Å². The van der Waals surface area contributed by atoms with Crippen LogP contribution in [-0.2, 0) is 27.5 Å². The lowest BCUT2D eigenvalue weighted by Gasteiger charge is -2.29. The standard InChI is InChI=1S/C22H22N4O6S/c1-11-17(10-32-13(3)28)33-22-18(11)20(29)24-19(25-22)21(30)23-9-14-4-5-16-15(8-14)26(12(2)27)6-7-31-16/h4-5,8H,6-7,9-10H2,1-3H3,(H,23,30)(H,24,25,29). The molecule has 172 valence electrons. The van der Waals surface area contributed by atoms with Gasteiger partial charge in [-0.15, -0.1) is 11.3 Å². The maximum atomic E-state index is 12.7. The lowest BCUT2D eigenvalue weighted by atomic mass is 10.1. The number of thiophene rings is 1. The lowest BCUT2D eigenvalue weighted by Crippen LogP contribution is -2.36. The summed E-state index contributed by atoms with van der Waals surface area (Å²) in [6.45, 7) is 5.65. The van der Waals surface area contributed by atoms with Crippen LogP contribution < -0.4 is 20.5 Å². The molecule has 0 bridgehead atoms. The third kappa shape index (κ3) is 4.58. The van der Waals surface area contributed by atoms with Crippen molar-refractivity contribution in [2.24, 2.45) is 0 Å². The molecule has 0 fully saturated rings. The van der Waals surface area contributed by atoms with Gasteiger partial charge in [0, 0.05) is 25.3 Å². The number of aromatic nitrogens is 2. The smallest absolute Gasteiger partial charge is 0.302 e. The molecule has 2 amide bonds. The number of aryl methyl sites for hydroxylation is 1. The van der Waals surface area contributed by atoms with Crippen LogP contribution in [0, 0.1) is 6.92 Å². The Morgan fingerprint density at radius 3 is 2.82 bits per heavy atom. The number of aromatic amines is 1. The molecule has 1 aromatic carbocycles. The Hall–Kier alpha value is -3.73. The third-order valence-electron chi connectivity index (χ3n) is 5.24. The van der Waals surface area contributed by atoms with Crippen LogP contribution in [0.15, 0.2) is 23.0 Å². The maximum Gasteiger partial charge on any atom is 0.302 e. The van der Waals surface area contributed by atoms with Gasteiger partial charge in [-0.25, -0.2) is 4.98 Å². The Morgan fingerprint density at radius 2 is 2.09 bits per heavy atom. The van der Waals surface area contributed by atoms with Gasteiger partial charge in [0.15, 0.2) is 0 Å². The minimum atomic E-state index is -0.543. The summed E-state index contributed by atoms with van der Waals surface area (Å²) in [7, 11) is 0. The monoisotopic (exact) mass is 470 g/mol. The van der Waals surface area contributed by atoms with E-state index in [9.17, 15) is 19.2 Å². The SMILES string of the molecule is CC(=O)OCc1sc2nc(C(=O)NCc3ccc4c(c3)N(C(C)=O)CCO4)[nH]c(=O)c2c1C. The van der Waals surface area contributed by atoms with E-state index >= 15 is 0 Å². The number of ether oxygens (including phenoxy) is 2. The number of hydrogen-bond acceptors (Lipinski definition) is 8. The number of anilines is 1. The lowest BCUT2D eigenvalue weighted by molar-refractivity contribution is -0.142. The molecule has 1 aliphatic heterocycles. The number of nitrogens with zero attached hydrogens (tertiary/aromatic N) is 2. The van der Waals surface area contributed by atoms with Crippen LogP contribution in [0.4, 0.5) is 5.69 Å². The van der Waals surface area contributed by atoms with E-state index in [-0.39, 0.29) is 24.9 Å². The van der Waals surface area contributed by atoms with Crippen LogP contribution >= 0.6 is 11.3 Å². The highest BCUT2D eigenvalue weighted by atomic mass is 32.1. The first-order chi connectivity index (χ1) is 15.7. The first-order valence-corrected chi connectivity index (χ1v) is 11.0. The summed E-state index contributed by atoms with van der Waals surface area (Å²) >= 11 is 1.20. The zero-order chi connectivity index (χ0) is 23.7. The van der Waals surface area contributed by atoms with E-state index in [1.807, 2.05) is 0 Å². The Kier molecular flexibility index (Phi) is 6.14. The fraction of sp³-hybridized carbons (Fsp3) is 0.318. The number of fused-ring (bicyclic) bond motifs is 2. The van der Waals surface area contributed by atoms with Crippen molar-refractivity contribution in [3.63, 3.8) is 0 Å². The van der Waals surface area contributed by atoms with Gasteiger partial charge in [-0.2, -0.15) is 0 Å². The number of carbonyl (C=O) groups is 3. The molecule has 1 aliphatic rings. The van der Waals surface area contributed by atoms with Gasteiger partial charge in [-0.05, 0) is 30.2 Å². The van der Waals surface area contributed by atoms with Gasteiger partial charge in [0.05, 0.1) is 17.6 Å². The minimum absolute atomic E-state index is 0.0441. The molecule has 0 saturated carbocycles. The first kappa shape index (κ1) is 22.5. The van der Waals surface area contributed by atoms with Gasteiger partial charge in [0.1, 0.15) is 23.8 Å². The van der Waals surface area contributed by atoms with Gasteiger partial charge in [-0.1, -0.05) is 6.07 Å². The fourth-order valence-corrected chi connectivity index (χ4v) is 4.66. The predicted molar refractivity (Wildman–Crippen MR) is 122 cm³/mol. The molecule has 33 heavy (non-hydrogen) atoms. The second-order valence-electron chi connectivity index (χ2n) is 7.53. The number of hydrogen-bond donors (Lipinski definition) is 2. The number of nitrogens with one attached hydrogen (secondary N) is 2. The average Bonchev–Trinajstić information content (AvgIpc) is 3.11. The highest BCUT2D eigenvalue weighted by Gasteiger charge is 2.22. The van der Waals surface area contributed by atoms with Crippen molar-refractivity contribution in [3.8, 4) is 5.75 Å². The highest BCUT2D eigenvalue weighted by molar-refractivity contribution is 7.18. The quantitative estimate of drug-likeness (QED) is 0.546. The van der Waals surface area contributed by atoms with Crippen molar-refractivity contribution in [2.75, 3.05) is 18.1 Å². The number of benzene rings is 1. The van der Waals surface area contributed by atoms with Gasteiger partial charge >= 0.3 is 5.97 Å². The molecule has 10 nitrogen and oxygen atoms in total. The molecule has 2 aromatic heterocycles. The molecule has 0 aliphatic carbocycles. The van der Waals surface area contributed by atoms with Crippen LogP contribution in [0.5, 0.6) is 5.75 Å². The van der Waals surface area contributed by atoms with Crippen molar-refractivity contribution in [1.29, 1.82) is 0 Å². The topological polar surface area (TPSA) is 131 Å². The van der Waals surface area contributed by atoms with Gasteiger partial charge in [-0.3, -0.25) is 19.2 Å². The molecule has 0 radical (unpaired) electrons. The third-order valence-corrected chi connectivity index (χ3v) is 6.40. The van der Waals surface area contributed by atoms with Gasteiger partial charge < -0.3 is 24.7 Å². The Balaban J connectivity index is 1.53. The van der Waals surface area contributed by atoms with E-state index in [1.165, 1.54) is 25.2 Å². The number of amides is 2. The van der Waals surface area contributed by atoms with E-state index in [4.69, 9.17) is 9.47 Å². The molecule has 3 aromatic rings. The molecule has 0 atom stereocenters. The Morgan fingerprint density at radius 1 is 1.30 bits per heavy atom. The highest BCUT2D eigenvalue weighted by Crippen LogP contribution is 2.32. The van der Waals surface area contributed by atoms with Crippen molar-refractivity contribution in [2.45, 2.75) is 33.9 Å². The fourth-order valence-electron chi connectivity index (χ4n) is 3.57. The molecule has 2 N–H and O–H groups in total. The van der Waals surface area contributed by atoms with Crippen molar-refractivity contribution < 1.29 is 23.9 Å². The van der Waals surface area contributed by atoms with Gasteiger partial charge in [0.2, 0.25) is 11.7 Å². The zero-order valence-corrected chi connectivity index (χ0v) is 19.1. The van der Waals surface area contributed by atoms with E-state index in [2.05, 4.69) is 15.3 Å². The number of H-pyrrole nitrogens is 1. The molecule has 3 heterocycles. The average molecular weight is 471 g/mol. The van der Waals surface area contributed by atoms with E-state index in [0.717, 1.165) is 5.56 Å². The van der Waals surface area contributed by atoms with E-state index in [1.54, 1.807) is 30.0 Å². The first-order valence-electron chi connectivity index (χ1n) is 10.2. The second kappa shape index (κ2) is 9.02. The van der Waals surface area contributed by atoms with Crippen molar-refractivity contribution in [1.82, 2.24) is 15.3 Å². The summed E-state index contributed by atoms with van der Waals surface area (Å²) in [6.07, 6.45) is 0. The minimum Gasteiger partial charge on any atom is -0.490 e. The second-order valence-corrected chi connectivity index (χ2v) is 8.61. The molecule has 0 spiro atoms. The molecular weight excluding hydrogens is 448 g/mol. The molecular formula is C22H22N4O6S. The zero-order valence-electron chi connectivity index (χ0n) is 18.3. The van der Waals surface area contributed by atoms with Crippen LogP contribution in [0.3, 0.4) is 0 Å². The maximum absolute atomic E-state index is 12.7. The summed E-state index contributed by atoms with van der Waals surface area (Å²) in [5, 5.41) is 3.11. The Bertz CT molecular complexity index is 1330. The Labute approximate surface area is 192 Å². The van der Waals surface area contributed by atoms with Crippen LogP contribution in [-0.4, -0.2) is 40.9 Å². The number of esters is 1. The molecule has 0 saturated heterocycles. The summed E-state index contributed by atoms with van der Waals surface area (Å²) in [5.41, 5.74) is 1.65. The van der Waals surface area contributed by atoms with Crippen LogP contribution in [0.2, 0.25) is 0 Å². The van der Waals surface area contributed by atoms with E-state index < -0.39 is 17.4 Å². The molecule has 11 heteroatoms. The van der Waals surface area contributed by atoms with Crippen LogP contribution in [0.1, 0.15) is 40.5 Å². The summed E-state index contributed by atoms with van der Waals surface area (Å²) in [5.74, 6) is -0.553. The summed E-state index contributed by atoms with van der Waals surface area (Å²) < 4.78 is 10.6. The van der Waals surface area contributed by atoms with E-state index in [0.29, 0.717) is 45.2 Å². The molecule has 0 unspecified atom stereocenters. The largest absolute Gasteiger partial charge is 0.490 e. The number of rotatable bonds is 5. The summed E-state index contributed by atoms with van der Waals surface area (Å²) in [6, 6.07) is 5.35. The van der Waals surface area contributed by atoms with Gasteiger partial charge in [0.25, 0.3) is 11.5 Å². The predicted octanol–water partition coefficient (Wildman–Crippen LogP) is 2.03. The van der Waals surface area contributed by atoms with Crippen molar-refractivity contribution >= 4 is 45.0 Å². The molecule has 4 rings (SSSR count). The summed E-state index contributed by atoms with van der Waals surface area (Å²) in [4.78, 5) is 57.8. The number of carbonyl (C=O) groups excluding carboxylic acids is 3.